The minimum Gasteiger partial charge on any atom is -0.396 e. The van der Waals surface area contributed by atoms with Crippen LogP contribution in [0.4, 0.5) is 0 Å². The third kappa shape index (κ3) is 3.69. The Morgan fingerprint density at radius 3 is 2.67 bits per heavy atom. The van der Waals surface area contributed by atoms with Gasteiger partial charge in [-0.1, -0.05) is 20.8 Å². The van der Waals surface area contributed by atoms with Gasteiger partial charge in [-0.15, -0.1) is 0 Å². The summed E-state index contributed by atoms with van der Waals surface area (Å²) in [7, 11) is 0. The van der Waals surface area contributed by atoms with Gasteiger partial charge in [-0.05, 0) is 37.6 Å². The zero-order chi connectivity index (χ0) is 13.6. The van der Waals surface area contributed by atoms with Crippen molar-refractivity contribution in [3.63, 3.8) is 0 Å². The van der Waals surface area contributed by atoms with Gasteiger partial charge >= 0.3 is 0 Å². The number of hydrogen-bond donors (Lipinski definition) is 3. The summed E-state index contributed by atoms with van der Waals surface area (Å²) in [5.74, 6) is 0.886. The second-order valence-electron chi connectivity index (χ2n) is 5.92. The summed E-state index contributed by atoms with van der Waals surface area (Å²) in [6.07, 6.45) is 2.84. The Hall–Kier alpha value is -0.610. The molecular weight excluding hydrogens is 228 g/mol. The van der Waals surface area contributed by atoms with E-state index in [1.54, 1.807) is 0 Å². The van der Waals surface area contributed by atoms with Gasteiger partial charge in [0.1, 0.15) is 0 Å². The van der Waals surface area contributed by atoms with Gasteiger partial charge in [-0.3, -0.25) is 4.79 Å². The monoisotopic (exact) mass is 256 g/mol. The van der Waals surface area contributed by atoms with E-state index >= 15 is 0 Å². The summed E-state index contributed by atoms with van der Waals surface area (Å²) in [5.41, 5.74) is -0.220. The summed E-state index contributed by atoms with van der Waals surface area (Å²) in [5, 5.41) is 15.3. The zero-order valence-electron chi connectivity index (χ0n) is 12.0. The highest BCUT2D eigenvalue weighted by Gasteiger charge is 2.43. The fourth-order valence-corrected chi connectivity index (χ4v) is 2.58. The van der Waals surface area contributed by atoms with Crippen LogP contribution < -0.4 is 10.6 Å². The van der Waals surface area contributed by atoms with Crippen LogP contribution in [0.3, 0.4) is 0 Å². The highest BCUT2D eigenvalue weighted by atomic mass is 16.3. The molecule has 1 saturated heterocycles. The highest BCUT2D eigenvalue weighted by Crippen LogP contribution is 2.34. The van der Waals surface area contributed by atoms with E-state index in [1.807, 2.05) is 6.92 Å². The fourth-order valence-electron chi connectivity index (χ4n) is 2.58. The molecule has 0 aromatic carbocycles. The van der Waals surface area contributed by atoms with E-state index in [0.29, 0.717) is 11.8 Å². The molecule has 1 rings (SSSR count). The molecule has 2 atom stereocenters. The van der Waals surface area contributed by atoms with Crippen molar-refractivity contribution in [1.29, 1.82) is 0 Å². The molecule has 0 saturated carbocycles. The molecule has 1 aliphatic heterocycles. The lowest BCUT2D eigenvalue weighted by molar-refractivity contribution is -0.132. The molecule has 0 aliphatic carbocycles. The summed E-state index contributed by atoms with van der Waals surface area (Å²) >= 11 is 0. The minimum absolute atomic E-state index is 0.194. The van der Waals surface area contributed by atoms with Gasteiger partial charge in [0.05, 0.1) is 5.41 Å². The molecule has 106 valence electrons. The number of rotatable bonds is 7. The average Bonchev–Trinajstić information content (AvgIpc) is 2.84. The standard InChI is InChI=1S/C14H28N2O2/c1-11(2)14(6-8-15-10-14)13(18)16-7-4-5-12(3)9-17/h11-12,15,17H,4-10H2,1-3H3,(H,16,18). The smallest absolute Gasteiger partial charge is 0.227 e. The third-order valence-corrected chi connectivity index (χ3v) is 4.22. The van der Waals surface area contributed by atoms with Crippen molar-refractivity contribution in [2.24, 2.45) is 17.3 Å². The lowest BCUT2D eigenvalue weighted by Crippen LogP contribution is -2.46. The molecule has 1 amide bonds. The molecule has 0 radical (unpaired) electrons. The topological polar surface area (TPSA) is 61.4 Å². The first-order valence-corrected chi connectivity index (χ1v) is 7.13. The third-order valence-electron chi connectivity index (χ3n) is 4.22. The second kappa shape index (κ2) is 7.10. The van der Waals surface area contributed by atoms with E-state index in [4.69, 9.17) is 5.11 Å². The largest absolute Gasteiger partial charge is 0.396 e. The lowest BCUT2D eigenvalue weighted by Gasteiger charge is -2.31. The molecule has 4 heteroatoms. The predicted octanol–water partition coefficient (Wildman–Crippen LogP) is 1.15. The Kier molecular flexibility index (Phi) is 6.09. The van der Waals surface area contributed by atoms with Crippen LogP contribution in [-0.4, -0.2) is 37.3 Å². The van der Waals surface area contributed by atoms with Gasteiger partial charge < -0.3 is 15.7 Å². The van der Waals surface area contributed by atoms with E-state index in [0.717, 1.165) is 38.9 Å². The van der Waals surface area contributed by atoms with Crippen molar-refractivity contribution in [1.82, 2.24) is 10.6 Å². The zero-order valence-corrected chi connectivity index (χ0v) is 12.0. The van der Waals surface area contributed by atoms with Crippen molar-refractivity contribution < 1.29 is 9.90 Å². The van der Waals surface area contributed by atoms with E-state index in [1.165, 1.54) is 0 Å². The van der Waals surface area contributed by atoms with Crippen LogP contribution in [0.15, 0.2) is 0 Å². The molecule has 0 bridgehead atoms. The maximum atomic E-state index is 12.3. The van der Waals surface area contributed by atoms with Crippen molar-refractivity contribution in [3.8, 4) is 0 Å². The van der Waals surface area contributed by atoms with Crippen molar-refractivity contribution in [3.05, 3.63) is 0 Å². The first-order valence-electron chi connectivity index (χ1n) is 7.13. The van der Waals surface area contributed by atoms with Crippen molar-refractivity contribution in [2.75, 3.05) is 26.2 Å². The summed E-state index contributed by atoms with van der Waals surface area (Å²) in [6, 6.07) is 0. The van der Waals surface area contributed by atoms with E-state index in [2.05, 4.69) is 24.5 Å². The molecule has 3 N–H and O–H groups in total. The number of hydrogen-bond acceptors (Lipinski definition) is 3. The van der Waals surface area contributed by atoms with Crippen LogP contribution in [-0.2, 0) is 4.79 Å². The first-order chi connectivity index (χ1) is 8.53. The Morgan fingerprint density at radius 2 is 2.17 bits per heavy atom. The van der Waals surface area contributed by atoms with Gasteiger partial charge in [-0.2, -0.15) is 0 Å². The van der Waals surface area contributed by atoms with Gasteiger partial charge in [0.15, 0.2) is 0 Å². The van der Waals surface area contributed by atoms with Crippen LogP contribution in [0, 0.1) is 17.3 Å². The molecule has 4 nitrogen and oxygen atoms in total. The summed E-state index contributed by atoms with van der Waals surface area (Å²) in [6.45, 7) is 8.96. The quantitative estimate of drug-likeness (QED) is 0.599. The Balaban J connectivity index is 2.35. The van der Waals surface area contributed by atoms with Gasteiger partial charge in [0, 0.05) is 19.7 Å². The number of carbonyl (C=O) groups is 1. The number of nitrogens with one attached hydrogen (secondary N) is 2. The van der Waals surface area contributed by atoms with Gasteiger partial charge in [0.2, 0.25) is 5.91 Å². The van der Waals surface area contributed by atoms with Crippen molar-refractivity contribution in [2.45, 2.75) is 40.0 Å². The SMILES string of the molecule is CC(CO)CCCNC(=O)C1(C(C)C)CCNC1. The number of aliphatic hydroxyl groups excluding tert-OH is 1. The Morgan fingerprint density at radius 1 is 1.44 bits per heavy atom. The highest BCUT2D eigenvalue weighted by molar-refractivity contribution is 5.83. The van der Waals surface area contributed by atoms with Crippen LogP contribution in [0.2, 0.25) is 0 Å². The molecule has 1 heterocycles. The molecule has 0 spiro atoms. The number of amides is 1. The molecule has 2 unspecified atom stereocenters. The normalized spacial score (nSPS) is 25.4. The first kappa shape index (κ1) is 15.4. The minimum atomic E-state index is -0.220. The van der Waals surface area contributed by atoms with Gasteiger partial charge in [0.25, 0.3) is 0 Å². The maximum absolute atomic E-state index is 12.3. The van der Waals surface area contributed by atoms with E-state index < -0.39 is 0 Å². The Labute approximate surface area is 111 Å². The van der Waals surface area contributed by atoms with Crippen LogP contribution >= 0.6 is 0 Å². The molecule has 1 fully saturated rings. The van der Waals surface area contributed by atoms with Gasteiger partial charge in [-0.25, -0.2) is 0 Å². The molecule has 0 aromatic heterocycles. The maximum Gasteiger partial charge on any atom is 0.227 e. The van der Waals surface area contributed by atoms with E-state index in [9.17, 15) is 4.79 Å². The second-order valence-corrected chi connectivity index (χ2v) is 5.92. The van der Waals surface area contributed by atoms with Crippen LogP contribution in [0.5, 0.6) is 0 Å². The molecule has 0 aromatic rings. The average molecular weight is 256 g/mol. The lowest BCUT2D eigenvalue weighted by atomic mass is 9.75. The van der Waals surface area contributed by atoms with Crippen molar-refractivity contribution >= 4 is 5.91 Å². The predicted molar refractivity (Wildman–Crippen MR) is 73.3 cm³/mol. The molecule has 1 aliphatic rings. The summed E-state index contributed by atoms with van der Waals surface area (Å²) < 4.78 is 0. The molecular formula is C14H28N2O2. The van der Waals surface area contributed by atoms with Crippen LogP contribution in [0.25, 0.3) is 0 Å². The number of carbonyl (C=O) groups excluding carboxylic acids is 1. The number of aliphatic hydroxyl groups is 1. The fraction of sp³-hybridized carbons (Fsp3) is 0.929. The van der Waals surface area contributed by atoms with E-state index in [-0.39, 0.29) is 17.9 Å². The van der Waals surface area contributed by atoms with Crippen LogP contribution in [0.1, 0.15) is 40.0 Å². The molecule has 18 heavy (non-hydrogen) atoms. The summed E-state index contributed by atoms with van der Waals surface area (Å²) in [4.78, 5) is 12.3. The Bertz CT molecular complexity index is 261.